The van der Waals surface area contributed by atoms with Crippen LogP contribution >= 0.6 is 0 Å². The molecule has 0 aliphatic carbocycles. The minimum atomic E-state index is 0.00648. The molecule has 1 amide bonds. The van der Waals surface area contributed by atoms with Crippen LogP contribution in [0.15, 0.2) is 60.7 Å². The summed E-state index contributed by atoms with van der Waals surface area (Å²) in [6, 6.07) is 19.4. The van der Waals surface area contributed by atoms with E-state index in [9.17, 15) is 4.79 Å². The third kappa shape index (κ3) is 5.69. The van der Waals surface area contributed by atoms with Crippen LogP contribution in [-0.4, -0.2) is 48.9 Å². The second-order valence-corrected chi connectivity index (χ2v) is 7.32. The third-order valence-corrected chi connectivity index (χ3v) is 5.01. The molecule has 1 saturated heterocycles. The van der Waals surface area contributed by atoms with Gasteiger partial charge in [0, 0.05) is 45.0 Å². The molecular formula is C23H29N3O. The number of nitrogens with one attached hydrogen (secondary N) is 1. The molecule has 0 radical (unpaired) electrons. The van der Waals surface area contributed by atoms with Gasteiger partial charge in [0.25, 0.3) is 0 Å². The van der Waals surface area contributed by atoms with Gasteiger partial charge in [-0.15, -0.1) is 0 Å². The molecule has 0 aromatic heterocycles. The fraction of sp³-hybridized carbons (Fsp3) is 0.348. The van der Waals surface area contributed by atoms with Crippen LogP contribution in [0, 0.1) is 0 Å². The Balaban J connectivity index is 1.58. The second-order valence-electron chi connectivity index (χ2n) is 7.32. The van der Waals surface area contributed by atoms with E-state index >= 15 is 0 Å². The Bertz CT molecular complexity index is 770. The maximum absolute atomic E-state index is 11.7. The molecule has 0 saturated carbocycles. The molecule has 4 heteroatoms. The highest BCUT2D eigenvalue weighted by Gasteiger charge is 2.24. The number of hydrogen-bond donors (Lipinski definition) is 1. The second kappa shape index (κ2) is 9.38. The summed E-state index contributed by atoms with van der Waals surface area (Å²) < 4.78 is 0. The van der Waals surface area contributed by atoms with Crippen LogP contribution in [0.2, 0.25) is 0 Å². The van der Waals surface area contributed by atoms with Gasteiger partial charge in [0.05, 0.1) is 0 Å². The number of carbonyl (C=O) groups excluding carboxylic acids is 1. The first-order valence-corrected chi connectivity index (χ1v) is 9.63. The maximum Gasteiger partial charge on any atom is 0.246 e. The monoisotopic (exact) mass is 363 g/mol. The van der Waals surface area contributed by atoms with Crippen molar-refractivity contribution in [1.29, 1.82) is 0 Å². The average Bonchev–Trinajstić information content (AvgIpc) is 3.12. The van der Waals surface area contributed by atoms with E-state index in [1.807, 2.05) is 18.2 Å². The van der Waals surface area contributed by atoms with Crippen molar-refractivity contribution in [1.82, 2.24) is 9.80 Å². The van der Waals surface area contributed by atoms with Gasteiger partial charge in [-0.2, -0.15) is 0 Å². The van der Waals surface area contributed by atoms with Crippen molar-refractivity contribution in [2.24, 2.45) is 0 Å². The molecule has 1 aliphatic rings. The van der Waals surface area contributed by atoms with Gasteiger partial charge in [-0.3, -0.25) is 9.69 Å². The molecule has 27 heavy (non-hydrogen) atoms. The lowest BCUT2D eigenvalue weighted by atomic mass is 10.1. The van der Waals surface area contributed by atoms with Crippen LogP contribution in [0.1, 0.15) is 24.0 Å². The molecule has 0 bridgehead atoms. The Morgan fingerprint density at radius 2 is 2.00 bits per heavy atom. The Morgan fingerprint density at radius 1 is 1.19 bits per heavy atom. The number of hydrogen-bond acceptors (Lipinski definition) is 3. The van der Waals surface area contributed by atoms with Crippen LogP contribution in [0.25, 0.3) is 6.08 Å². The van der Waals surface area contributed by atoms with Gasteiger partial charge in [0.1, 0.15) is 0 Å². The Kier molecular flexibility index (Phi) is 6.66. The van der Waals surface area contributed by atoms with Gasteiger partial charge in [0.15, 0.2) is 0 Å². The van der Waals surface area contributed by atoms with Gasteiger partial charge in [-0.25, -0.2) is 0 Å². The number of benzene rings is 2. The molecule has 3 rings (SSSR count). The molecule has 1 aliphatic heterocycles. The molecule has 1 N–H and O–H groups in total. The summed E-state index contributed by atoms with van der Waals surface area (Å²) in [5.41, 5.74) is 3.55. The molecule has 1 heterocycles. The highest BCUT2D eigenvalue weighted by Crippen LogP contribution is 2.21. The SMILES string of the molecule is CN(C)C(=O)C=Cc1cccc(CN2CCCC2CNc2ccccc2)c1. The van der Waals surface area contributed by atoms with Crippen LogP contribution in [0.3, 0.4) is 0 Å². The molecule has 142 valence electrons. The molecule has 0 spiro atoms. The molecule has 2 aromatic carbocycles. The van der Waals surface area contributed by atoms with E-state index in [-0.39, 0.29) is 5.91 Å². The fourth-order valence-corrected chi connectivity index (χ4v) is 3.47. The summed E-state index contributed by atoms with van der Waals surface area (Å²) in [5.74, 6) is 0.00648. The number of carbonyl (C=O) groups is 1. The lowest BCUT2D eigenvalue weighted by molar-refractivity contribution is -0.123. The largest absolute Gasteiger partial charge is 0.383 e. The number of rotatable bonds is 7. The summed E-state index contributed by atoms with van der Waals surface area (Å²) >= 11 is 0. The number of para-hydroxylation sites is 1. The Morgan fingerprint density at radius 3 is 2.78 bits per heavy atom. The predicted octanol–water partition coefficient (Wildman–Crippen LogP) is 3.86. The van der Waals surface area contributed by atoms with Crippen molar-refractivity contribution in [3.05, 3.63) is 71.8 Å². The zero-order valence-corrected chi connectivity index (χ0v) is 16.3. The fourth-order valence-electron chi connectivity index (χ4n) is 3.47. The van der Waals surface area contributed by atoms with E-state index in [2.05, 4.69) is 52.7 Å². The number of amides is 1. The minimum Gasteiger partial charge on any atom is -0.383 e. The first-order chi connectivity index (χ1) is 13.1. The average molecular weight is 364 g/mol. The molecule has 1 fully saturated rings. The van der Waals surface area contributed by atoms with Crippen molar-refractivity contribution in [3.8, 4) is 0 Å². The third-order valence-electron chi connectivity index (χ3n) is 5.01. The molecule has 1 atom stereocenters. The van der Waals surface area contributed by atoms with Crippen molar-refractivity contribution < 1.29 is 4.79 Å². The van der Waals surface area contributed by atoms with E-state index in [0.717, 1.165) is 25.2 Å². The van der Waals surface area contributed by atoms with Gasteiger partial charge in [0.2, 0.25) is 5.91 Å². The predicted molar refractivity (Wildman–Crippen MR) is 113 cm³/mol. The first-order valence-electron chi connectivity index (χ1n) is 9.63. The number of anilines is 1. The topological polar surface area (TPSA) is 35.6 Å². The van der Waals surface area contributed by atoms with E-state index in [4.69, 9.17) is 0 Å². The van der Waals surface area contributed by atoms with E-state index in [1.165, 1.54) is 24.1 Å². The van der Waals surface area contributed by atoms with E-state index < -0.39 is 0 Å². The van der Waals surface area contributed by atoms with Crippen LogP contribution in [0.5, 0.6) is 0 Å². The van der Waals surface area contributed by atoms with Crippen LogP contribution in [-0.2, 0) is 11.3 Å². The number of likely N-dealkylation sites (N-methyl/N-ethyl adjacent to an activating group) is 1. The summed E-state index contributed by atoms with van der Waals surface area (Å²) in [6.07, 6.45) is 6.00. The smallest absolute Gasteiger partial charge is 0.246 e. The van der Waals surface area contributed by atoms with Gasteiger partial charge >= 0.3 is 0 Å². The Labute approximate surface area is 162 Å². The standard InChI is InChI=1S/C23H29N3O/c1-25(2)23(27)14-13-19-8-6-9-20(16-19)18-26-15-7-12-22(26)17-24-21-10-4-3-5-11-21/h3-6,8-11,13-14,16,22,24H,7,12,15,17-18H2,1-2H3. The van der Waals surface area contributed by atoms with Gasteiger partial charge < -0.3 is 10.2 Å². The van der Waals surface area contributed by atoms with Gasteiger partial charge in [-0.1, -0.05) is 42.5 Å². The molecule has 2 aromatic rings. The maximum atomic E-state index is 11.7. The summed E-state index contributed by atoms with van der Waals surface area (Å²) in [5, 5.41) is 3.56. The number of nitrogens with zero attached hydrogens (tertiary/aromatic N) is 2. The zero-order chi connectivity index (χ0) is 19.1. The molecular weight excluding hydrogens is 334 g/mol. The van der Waals surface area contributed by atoms with E-state index in [0.29, 0.717) is 6.04 Å². The number of likely N-dealkylation sites (tertiary alicyclic amines) is 1. The normalized spacial score (nSPS) is 17.3. The van der Waals surface area contributed by atoms with Crippen LogP contribution in [0.4, 0.5) is 5.69 Å². The highest BCUT2D eigenvalue weighted by atomic mass is 16.2. The molecule has 4 nitrogen and oxygen atoms in total. The van der Waals surface area contributed by atoms with Crippen LogP contribution < -0.4 is 5.32 Å². The summed E-state index contributed by atoms with van der Waals surface area (Å²) in [4.78, 5) is 15.9. The minimum absolute atomic E-state index is 0.00648. The first kappa shape index (κ1) is 19.2. The Hall–Kier alpha value is -2.59. The highest BCUT2D eigenvalue weighted by molar-refractivity contribution is 5.91. The summed E-state index contributed by atoms with van der Waals surface area (Å²) in [7, 11) is 3.53. The lowest BCUT2D eigenvalue weighted by Crippen LogP contribution is -2.34. The quantitative estimate of drug-likeness (QED) is 0.759. The zero-order valence-electron chi connectivity index (χ0n) is 16.3. The van der Waals surface area contributed by atoms with Crippen molar-refractivity contribution in [3.63, 3.8) is 0 Å². The lowest BCUT2D eigenvalue weighted by Gasteiger charge is -2.25. The van der Waals surface area contributed by atoms with E-state index in [1.54, 1.807) is 25.1 Å². The van der Waals surface area contributed by atoms with Gasteiger partial charge in [-0.05, 0) is 48.7 Å². The van der Waals surface area contributed by atoms with Crippen molar-refractivity contribution in [2.75, 3.05) is 32.5 Å². The van der Waals surface area contributed by atoms with Crippen molar-refractivity contribution >= 4 is 17.7 Å². The summed E-state index contributed by atoms with van der Waals surface area (Å²) in [6.45, 7) is 3.06. The molecule has 1 unspecified atom stereocenters. The van der Waals surface area contributed by atoms with Crippen molar-refractivity contribution in [2.45, 2.75) is 25.4 Å².